The SMILES string of the molecule is N#Cc1ccccc1N=C(NN)c1ccccc1I. The molecule has 3 N–H and O–H groups in total. The molecular weight excluding hydrogens is 351 g/mol. The first-order chi connectivity index (χ1) is 9.26. The third-order valence-corrected chi connectivity index (χ3v) is 3.46. The van der Waals surface area contributed by atoms with E-state index in [1.807, 2.05) is 30.3 Å². The van der Waals surface area contributed by atoms with Crippen LogP contribution in [-0.4, -0.2) is 5.84 Å². The molecule has 2 aromatic rings. The summed E-state index contributed by atoms with van der Waals surface area (Å²) >= 11 is 2.22. The molecule has 0 heterocycles. The Hall–Kier alpha value is -1.91. The first kappa shape index (κ1) is 13.5. The van der Waals surface area contributed by atoms with Crippen molar-refractivity contribution in [2.45, 2.75) is 0 Å². The molecule has 0 unspecified atom stereocenters. The minimum absolute atomic E-state index is 0.515. The zero-order valence-corrected chi connectivity index (χ0v) is 12.1. The molecule has 0 amide bonds. The molecule has 5 heteroatoms. The van der Waals surface area contributed by atoms with E-state index in [0.29, 0.717) is 17.1 Å². The average molecular weight is 362 g/mol. The Bertz CT molecular complexity index is 658. The number of nitrogens with two attached hydrogens (primary N) is 1. The van der Waals surface area contributed by atoms with E-state index in [1.165, 1.54) is 0 Å². The highest BCUT2D eigenvalue weighted by molar-refractivity contribution is 14.1. The predicted molar refractivity (Wildman–Crippen MR) is 83.8 cm³/mol. The van der Waals surface area contributed by atoms with Crippen LogP contribution in [0.2, 0.25) is 0 Å². The van der Waals surface area contributed by atoms with E-state index in [2.05, 4.69) is 39.1 Å². The minimum Gasteiger partial charge on any atom is -0.308 e. The summed E-state index contributed by atoms with van der Waals surface area (Å²) in [5.41, 5.74) is 4.61. The van der Waals surface area contributed by atoms with E-state index < -0.39 is 0 Å². The van der Waals surface area contributed by atoms with Gasteiger partial charge in [0.2, 0.25) is 0 Å². The van der Waals surface area contributed by atoms with Gasteiger partial charge in [0.05, 0.1) is 11.3 Å². The van der Waals surface area contributed by atoms with Crippen LogP contribution in [0.3, 0.4) is 0 Å². The van der Waals surface area contributed by atoms with Crippen molar-refractivity contribution in [2.24, 2.45) is 10.8 Å². The first-order valence-corrected chi connectivity index (χ1v) is 6.63. The Balaban J connectivity index is 2.51. The third-order valence-electron chi connectivity index (χ3n) is 2.52. The van der Waals surface area contributed by atoms with Gasteiger partial charge in [-0.15, -0.1) is 0 Å². The lowest BCUT2D eigenvalue weighted by atomic mass is 10.2. The number of hydrogen-bond acceptors (Lipinski definition) is 3. The van der Waals surface area contributed by atoms with E-state index in [1.54, 1.807) is 18.2 Å². The van der Waals surface area contributed by atoms with Gasteiger partial charge in [-0.25, -0.2) is 10.8 Å². The fraction of sp³-hybridized carbons (Fsp3) is 0. The molecule has 0 saturated heterocycles. The molecule has 0 fully saturated rings. The van der Waals surface area contributed by atoms with E-state index >= 15 is 0 Å². The number of benzene rings is 2. The topological polar surface area (TPSA) is 74.2 Å². The second kappa shape index (κ2) is 6.31. The monoisotopic (exact) mass is 362 g/mol. The molecular formula is C14H11IN4. The van der Waals surface area contributed by atoms with Crippen LogP contribution in [0.1, 0.15) is 11.1 Å². The lowest BCUT2D eigenvalue weighted by molar-refractivity contribution is 1.02. The largest absolute Gasteiger partial charge is 0.308 e. The van der Waals surface area contributed by atoms with Crippen LogP contribution in [0.5, 0.6) is 0 Å². The maximum absolute atomic E-state index is 9.06. The van der Waals surface area contributed by atoms with Gasteiger partial charge < -0.3 is 5.43 Å². The highest BCUT2D eigenvalue weighted by Crippen LogP contribution is 2.20. The van der Waals surface area contributed by atoms with Crippen molar-refractivity contribution in [3.8, 4) is 6.07 Å². The van der Waals surface area contributed by atoms with Gasteiger partial charge >= 0.3 is 0 Å². The lowest BCUT2D eigenvalue weighted by Gasteiger charge is -2.08. The van der Waals surface area contributed by atoms with Crippen molar-refractivity contribution in [2.75, 3.05) is 0 Å². The van der Waals surface area contributed by atoms with E-state index in [0.717, 1.165) is 9.13 Å². The number of hydrazine groups is 1. The van der Waals surface area contributed by atoms with Crippen molar-refractivity contribution < 1.29 is 0 Å². The Kier molecular flexibility index (Phi) is 4.49. The van der Waals surface area contributed by atoms with Crippen LogP contribution < -0.4 is 11.3 Å². The summed E-state index contributed by atoms with van der Waals surface area (Å²) in [6.45, 7) is 0. The first-order valence-electron chi connectivity index (χ1n) is 5.55. The van der Waals surface area contributed by atoms with Crippen LogP contribution >= 0.6 is 22.6 Å². The molecule has 0 atom stereocenters. The quantitative estimate of drug-likeness (QED) is 0.284. The van der Waals surface area contributed by atoms with Crippen molar-refractivity contribution in [1.29, 1.82) is 5.26 Å². The fourth-order valence-electron chi connectivity index (χ4n) is 1.61. The second-order valence-electron chi connectivity index (χ2n) is 3.71. The standard InChI is InChI=1S/C14H11IN4/c15-12-7-3-2-6-11(12)14(19-17)18-13-8-4-1-5-10(13)9-16/h1-8H,17H2,(H,18,19). The summed E-state index contributed by atoms with van der Waals surface area (Å²) in [5, 5.41) is 9.06. The highest BCUT2D eigenvalue weighted by atomic mass is 127. The fourth-order valence-corrected chi connectivity index (χ4v) is 2.25. The number of nitrogens with one attached hydrogen (secondary N) is 1. The zero-order valence-electron chi connectivity index (χ0n) is 9.97. The minimum atomic E-state index is 0.515. The van der Waals surface area contributed by atoms with Gasteiger partial charge in [0.1, 0.15) is 11.9 Å². The number of halogens is 1. The summed E-state index contributed by atoms with van der Waals surface area (Å²) < 4.78 is 1.03. The summed E-state index contributed by atoms with van der Waals surface area (Å²) in [4.78, 5) is 4.43. The molecule has 0 radical (unpaired) electrons. The van der Waals surface area contributed by atoms with E-state index in [4.69, 9.17) is 11.1 Å². The normalized spacial score (nSPS) is 10.9. The van der Waals surface area contributed by atoms with Crippen molar-refractivity contribution in [3.63, 3.8) is 0 Å². The molecule has 2 aromatic carbocycles. The molecule has 0 saturated carbocycles. The molecule has 0 aliphatic carbocycles. The number of nitrogens with zero attached hydrogens (tertiary/aromatic N) is 2. The average Bonchev–Trinajstić information content (AvgIpc) is 2.46. The van der Waals surface area contributed by atoms with Crippen LogP contribution in [0.15, 0.2) is 53.5 Å². The maximum Gasteiger partial charge on any atom is 0.149 e. The van der Waals surface area contributed by atoms with Gasteiger partial charge in [-0.2, -0.15) is 5.26 Å². The molecule has 0 aromatic heterocycles. The Morgan fingerprint density at radius 3 is 2.53 bits per heavy atom. The zero-order chi connectivity index (χ0) is 13.7. The molecule has 0 aliphatic heterocycles. The number of amidine groups is 1. The van der Waals surface area contributed by atoms with Gasteiger partial charge in [-0.05, 0) is 40.8 Å². The summed E-state index contributed by atoms with van der Waals surface area (Å²) in [6, 6.07) is 17.0. The van der Waals surface area contributed by atoms with Crippen LogP contribution in [-0.2, 0) is 0 Å². The Morgan fingerprint density at radius 1 is 1.16 bits per heavy atom. The molecule has 4 nitrogen and oxygen atoms in total. The molecule has 2 rings (SSSR count). The van der Waals surface area contributed by atoms with Gasteiger partial charge in [0.15, 0.2) is 0 Å². The van der Waals surface area contributed by atoms with Gasteiger partial charge in [0.25, 0.3) is 0 Å². The van der Waals surface area contributed by atoms with E-state index in [-0.39, 0.29) is 0 Å². The van der Waals surface area contributed by atoms with Gasteiger partial charge in [-0.3, -0.25) is 0 Å². The molecule has 0 spiro atoms. The maximum atomic E-state index is 9.06. The Morgan fingerprint density at radius 2 is 1.84 bits per heavy atom. The number of aliphatic imine (C=N–C) groups is 1. The summed E-state index contributed by atoms with van der Waals surface area (Å²) in [5.74, 6) is 6.08. The summed E-state index contributed by atoms with van der Waals surface area (Å²) in [6.07, 6.45) is 0. The van der Waals surface area contributed by atoms with Crippen molar-refractivity contribution >= 4 is 34.1 Å². The number of nitriles is 1. The summed E-state index contributed by atoms with van der Waals surface area (Å²) in [7, 11) is 0. The molecule has 94 valence electrons. The van der Waals surface area contributed by atoms with Crippen LogP contribution in [0.4, 0.5) is 5.69 Å². The van der Waals surface area contributed by atoms with Crippen molar-refractivity contribution in [1.82, 2.24) is 5.43 Å². The van der Waals surface area contributed by atoms with Gasteiger partial charge in [-0.1, -0.05) is 30.3 Å². The molecule has 0 aliphatic rings. The third kappa shape index (κ3) is 3.10. The number of hydrogen-bond donors (Lipinski definition) is 2. The van der Waals surface area contributed by atoms with Gasteiger partial charge in [0, 0.05) is 9.13 Å². The second-order valence-corrected chi connectivity index (χ2v) is 4.88. The Labute approximate surface area is 125 Å². The lowest BCUT2D eigenvalue weighted by Crippen LogP contribution is -2.31. The van der Waals surface area contributed by atoms with Crippen LogP contribution in [0.25, 0.3) is 0 Å². The van der Waals surface area contributed by atoms with E-state index in [9.17, 15) is 0 Å². The smallest absolute Gasteiger partial charge is 0.149 e. The molecule has 0 bridgehead atoms. The predicted octanol–water partition coefficient (Wildman–Crippen LogP) is 2.70. The highest BCUT2D eigenvalue weighted by Gasteiger charge is 2.07. The molecule has 19 heavy (non-hydrogen) atoms. The number of rotatable bonds is 2. The number of para-hydroxylation sites is 1. The van der Waals surface area contributed by atoms with Crippen LogP contribution in [0, 0.1) is 14.9 Å². The van der Waals surface area contributed by atoms with Crippen molar-refractivity contribution in [3.05, 3.63) is 63.2 Å².